The quantitative estimate of drug-likeness (QED) is 0.0335. The first-order valence-corrected chi connectivity index (χ1v) is 14.3. The van der Waals surface area contributed by atoms with E-state index in [1.165, 1.54) is 0 Å². The van der Waals surface area contributed by atoms with E-state index in [0.29, 0.717) is 0 Å². The molecule has 0 aliphatic rings. The number of nitrogens with two attached hydrogens (primary N) is 2. The van der Waals surface area contributed by atoms with Crippen molar-refractivity contribution in [2.75, 3.05) is 31.7 Å². The summed E-state index contributed by atoms with van der Waals surface area (Å²) in [7, 11) is 3.06. The highest BCUT2D eigenvalue weighted by Gasteiger charge is 2.25. The first kappa shape index (κ1) is 37.4. The zero-order chi connectivity index (χ0) is 31.5. The normalized spacial score (nSPS) is 13.4. The number of aliphatic carboxylic acids is 3. The molecule has 0 aromatic rings. The molecule has 41 heavy (non-hydrogen) atoms. The van der Waals surface area contributed by atoms with Crippen LogP contribution in [0.2, 0.25) is 0 Å². The van der Waals surface area contributed by atoms with E-state index in [1.54, 1.807) is 0 Å². The van der Waals surface area contributed by atoms with Gasteiger partial charge in [0.1, 0.15) is 37.3 Å². The molecule has 18 nitrogen and oxygen atoms in total. The van der Waals surface area contributed by atoms with Crippen LogP contribution in [0, 0.1) is 0 Å². The fraction of sp³-hybridized carbons (Fsp3) is 0.619. The van der Waals surface area contributed by atoms with Crippen LogP contribution in [-0.2, 0) is 43.1 Å². The number of amides is 4. The van der Waals surface area contributed by atoms with E-state index < -0.39 is 84.8 Å². The lowest BCUT2D eigenvalue weighted by Gasteiger charge is -2.20. The van der Waals surface area contributed by atoms with E-state index in [9.17, 15) is 38.4 Å². The Morgan fingerprint density at radius 3 is 1.44 bits per heavy atom. The summed E-state index contributed by atoms with van der Waals surface area (Å²) >= 11 is 0. The number of methoxy groups -OCH3 is 1. The lowest BCUT2D eigenvalue weighted by molar-refractivity contribution is -0.141. The minimum absolute atomic E-state index is 0.112. The fourth-order valence-electron chi connectivity index (χ4n) is 2.59. The van der Waals surface area contributed by atoms with Crippen LogP contribution in [0.3, 0.4) is 0 Å². The summed E-state index contributed by atoms with van der Waals surface area (Å²) in [5.74, 6) is -7.97. The van der Waals surface area contributed by atoms with Crippen molar-refractivity contribution in [3.05, 3.63) is 0 Å². The molecule has 0 spiro atoms. The molecule has 0 saturated heterocycles. The van der Waals surface area contributed by atoms with Gasteiger partial charge in [-0.1, -0.05) is 21.6 Å². The van der Waals surface area contributed by atoms with Crippen LogP contribution in [0.5, 0.6) is 0 Å². The van der Waals surface area contributed by atoms with Crippen molar-refractivity contribution in [2.45, 2.75) is 49.9 Å². The Bertz CT molecular complexity index is 969. The molecule has 0 fully saturated rings. The molecule has 0 heterocycles. The standard InChI is InChI=1S/C21H34N6O12S2/c1-39-17(32)7-25-19(34)13(27-15(29)5-3-11(23)21(37)38)9-41-40-8-12(18(33)24-6-16(30)31)26-14(28)4-2-10(22)20(35)36/h10-13H,2-9,22-23H2,1H3,(H,24,33)(H,25,34)(H,26,28)(H,27,29)(H,30,31)(H,35,36)(H,37,38)/t10-,11-,12-,13-/m0/s1. The Labute approximate surface area is 241 Å². The number of hydrogen-bond acceptors (Lipinski definition) is 13. The molecule has 11 N–H and O–H groups in total. The fourth-order valence-corrected chi connectivity index (χ4v) is 4.92. The summed E-state index contributed by atoms with van der Waals surface area (Å²) in [6, 6.07) is -5.06. The molecule has 0 aliphatic carbocycles. The van der Waals surface area contributed by atoms with Crippen LogP contribution in [0.15, 0.2) is 0 Å². The zero-order valence-electron chi connectivity index (χ0n) is 22.0. The number of carboxylic acid groups (broad SMARTS) is 3. The molecule has 0 aromatic carbocycles. The SMILES string of the molecule is COC(=O)CNC(=O)[C@H](CSSC[C@H](NC(=O)CC[C@H](N)C(=O)O)C(=O)NCC(=O)O)NC(=O)CC[C@H](N)C(=O)O. The van der Waals surface area contributed by atoms with Gasteiger partial charge in [-0.05, 0) is 12.8 Å². The second-order valence-electron chi connectivity index (χ2n) is 8.18. The lowest BCUT2D eigenvalue weighted by Crippen LogP contribution is -2.50. The maximum Gasteiger partial charge on any atom is 0.325 e. The maximum absolute atomic E-state index is 12.5. The van der Waals surface area contributed by atoms with E-state index in [-0.39, 0.29) is 37.2 Å². The summed E-state index contributed by atoms with van der Waals surface area (Å²) in [5.41, 5.74) is 10.7. The molecule has 20 heteroatoms. The summed E-state index contributed by atoms with van der Waals surface area (Å²) in [5, 5.41) is 35.6. The molecule has 0 aromatic heterocycles. The van der Waals surface area contributed by atoms with Gasteiger partial charge in [-0.25, -0.2) is 0 Å². The molecule has 0 saturated carbocycles. The number of carbonyl (C=O) groups excluding carboxylic acids is 5. The summed E-state index contributed by atoms with van der Waals surface area (Å²) in [6.45, 7) is -1.22. The molecule has 0 unspecified atom stereocenters. The third-order valence-electron chi connectivity index (χ3n) is 4.90. The van der Waals surface area contributed by atoms with Gasteiger partial charge in [0.05, 0.1) is 7.11 Å². The minimum Gasteiger partial charge on any atom is -0.480 e. The number of esters is 1. The third kappa shape index (κ3) is 17.6. The first-order valence-electron chi connectivity index (χ1n) is 11.8. The molecule has 0 bridgehead atoms. The highest BCUT2D eigenvalue weighted by molar-refractivity contribution is 8.76. The number of ether oxygens (including phenoxy) is 1. The summed E-state index contributed by atoms with van der Waals surface area (Å²) in [6.07, 6.45) is -1.06. The molecule has 0 radical (unpaired) electrons. The Kier molecular flexibility index (Phi) is 18.5. The van der Waals surface area contributed by atoms with Gasteiger partial charge in [-0.15, -0.1) is 0 Å². The Hall–Kier alpha value is -3.62. The highest BCUT2D eigenvalue weighted by Crippen LogP contribution is 2.23. The Morgan fingerprint density at radius 2 is 1.10 bits per heavy atom. The van der Waals surface area contributed by atoms with Crippen molar-refractivity contribution in [3.8, 4) is 0 Å². The highest BCUT2D eigenvalue weighted by atomic mass is 33.1. The number of carboxylic acids is 3. The van der Waals surface area contributed by atoms with E-state index in [1.807, 2.05) is 0 Å². The molecule has 4 amide bonds. The molecular weight excluding hydrogens is 592 g/mol. The lowest BCUT2D eigenvalue weighted by atomic mass is 10.1. The van der Waals surface area contributed by atoms with Crippen molar-refractivity contribution in [1.82, 2.24) is 21.3 Å². The van der Waals surface area contributed by atoms with Crippen molar-refractivity contribution >= 4 is 69.1 Å². The summed E-state index contributed by atoms with van der Waals surface area (Å²) < 4.78 is 4.44. The average molecular weight is 627 g/mol. The summed E-state index contributed by atoms with van der Waals surface area (Å²) in [4.78, 5) is 93.3. The van der Waals surface area contributed by atoms with Gasteiger partial charge in [-0.2, -0.15) is 0 Å². The van der Waals surface area contributed by atoms with Crippen LogP contribution < -0.4 is 32.7 Å². The Balaban J connectivity index is 5.23. The largest absolute Gasteiger partial charge is 0.480 e. The number of hydrogen-bond donors (Lipinski definition) is 9. The zero-order valence-corrected chi connectivity index (χ0v) is 23.6. The molecule has 0 rings (SSSR count). The van der Waals surface area contributed by atoms with E-state index in [0.717, 1.165) is 28.7 Å². The van der Waals surface area contributed by atoms with Crippen molar-refractivity contribution in [2.24, 2.45) is 11.5 Å². The first-order chi connectivity index (χ1) is 19.2. The van der Waals surface area contributed by atoms with E-state index in [4.69, 9.17) is 26.8 Å². The predicted molar refractivity (Wildman–Crippen MR) is 144 cm³/mol. The van der Waals surface area contributed by atoms with E-state index in [2.05, 4.69) is 26.0 Å². The maximum atomic E-state index is 12.5. The number of nitrogens with one attached hydrogen (secondary N) is 4. The topological polar surface area (TPSA) is 307 Å². The minimum atomic E-state index is -1.33. The second-order valence-corrected chi connectivity index (χ2v) is 10.7. The number of rotatable bonds is 21. The number of carbonyl (C=O) groups is 8. The van der Waals surface area contributed by atoms with Crippen molar-refractivity contribution in [3.63, 3.8) is 0 Å². The third-order valence-corrected chi connectivity index (χ3v) is 7.33. The van der Waals surface area contributed by atoms with Gasteiger partial charge in [0.15, 0.2) is 0 Å². The van der Waals surface area contributed by atoms with Gasteiger partial charge >= 0.3 is 23.9 Å². The van der Waals surface area contributed by atoms with Crippen LogP contribution in [0.1, 0.15) is 25.7 Å². The van der Waals surface area contributed by atoms with Crippen molar-refractivity contribution in [1.29, 1.82) is 0 Å². The molecule has 0 aliphatic heterocycles. The molecule has 4 atom stereocenters. The van der Waals surface area contributed by atoms with Gasteiger partial charge < -0.3 is 52.8 Å². The average Bonchev–Trinajstić information content (AvgIpc) is 2.92. The Morgan fingerprint density at radius 1 is 0.707 bits per heavy atom. The van der Waals surface area contributed by atoms with Crippen LogP contribution in [0.4, 0.5) is 0 Å². The van der Waals surface area contributed by atoms with Crippen LogP contribution in [-0.4, -0.2) is 119 Å². The second kappa shape index (κ2) is 20.3. The smallest absolute Gasteiger partial charge is 0.325 e. The van der Waals surface area contributed by atoms with Gasteiger partial charge in [0.2, 0.25) is 23.6 Å². The molecule has 232 valence electrons. The van der Waals surface area contributed by atoms with Crippen LogP contribution in [0.25, 0.3) is 0 Å². The van der Waals surface area contributed by atoms with Crippen molar-refractivity contribution < 1.29 is 58.4 Å². The van der Waals surface area contributed by atoms with E-state index >= 15 is 0 Å². The molecular formula is C21H34N6O12S2. The van der Waals surface area contributed by atoms with Crippen LogP contribution >= 0.6 is 21.6 Å². The van der Waals surface area contributed by atoms with Gasteiger partial charge in [-0.3, -0.25) is 38.4 Å². The monoisotopic (exact) mass is 626 g/mol. The predicted octanol–water partition coefficient (Wildman–Crippen LogP) is -3.79. The van der Waals surface area contributed by atoms with Gasteiger partial charge in [0, 0.05) is 24.3 Å². The van der Waals surface area contributed by atoms with Gasteiger partial charge in [0.25, 0.3) is 0 Å².